The Morgan fingerprint density at radius 2 is 1.95 bits per heavy atom. The van der Waals surface area contributed by atoms with Gasteiger partial charge in [-0.15, -0.1) is 0 Å². The molecule has 0 aliphatic carbocycles. The molecule has 112 valence electrons. The minimum Gasteiger partial charge on any atom is -0.326 e. The molecule has 0 aromatic heterocycles. The lowest BCUT2D eigenvalue weighted by Gasteiger charge is -2.14. The fraction of sp³-hybridized carbons (Fsp3) is 0.500. The number of rotatable bonds is 6. The van der Waals surface area contributed by atoms with Crippen LogP contribution in [0.5, 0.6) is 0 Å². The van der Waals surface area contributed by atoms with Gasteiger partial charge in [-0.3, -0.25) is 4.79 Å². The molecule has 0 spiro atoms. The maximum atomic E-state index is 11.8. The summed E-state index contributed by atoms with van der Waals surface area (Å²) in [5.41, 5.74) is 2.18. The van der Waals surface area contributed by atoms with Gasteiger partial charge in [-0.05, 0) is 43.0 Å². The van der Waals surface area contributed by atoms with Gasteiger partial charge in [0.15, 0.2) is 0 Å². The van der Waals surface area contributed by atoms with Crippen LogP contribution in [-0.2, 0) is 21.2 Å². The van der Waals surface area contributed by atoms with Crippen LogP contribution in [0.3, 0.4) is 0 Å². The van der Waals surface area contributed by atoms with Gasteiger partial charge in [-0.25, -0.2) is 13.6 Å². The van der Waals surface area contributed by atoms with E-state index < -0.39 is 10.0 Å². The number of carbonyl (C=O) groups is 1. The summed E-state index contributed by atoms with van der Waals surface area (Å²) < 4.78 is 22.8. The minimum atomic E-state index is -3.73. The molecule has 5 nitrogen and oxygen atoms in total. The first-order valence-electron chi connectivity index (χ1n) is 6.75. The number of anilines is 1. The predicted molar refractivity (Wildman–Crippen MR) is 80.1 cm³/mol. The summed E-state index contributed by atoms with van der Waals surface area (Å²) in [5.74, 6) is -0.0481. The van der Waals surface area contributed by atoms with E-state index in [4.69, 9.17) is 5.14 Å². The first-order valence-corrected chi connectivity index (χ1v) is 8.30. The number of primary sulfonamides is 1. The van der Waals surface area contributed by atoms with Crippen LogP contribution in [0.25, 0.3) is 0 Å². The number of hydrogen-bond donors (Lipinski definition) is 2. The van der Waals surface area contributed by atoms with Gasteiger partial charge < -0.3 is 5.32 Å². The lowest BCUT2D eigenvalue weighted by molar-refractivity contribution is -0.116. The molecule has 20 heavy (non-hydrogen) atoms. The van der Waals surface area contributed by atoms with E-state index in [2.05, 4.69) is 5.32 Å². The van der Waals surface area contributed by atoms with E-state index in [1.54, 1.807) is 6.92 Å². The molecule has 3 N–H and O–H groups in total. The molecule has 0 saturated heterocycles. The molecule has 0 bridgehead atoms. The predicted octanol–water partition coefficient (Wildman–Crippen LogP) is 2.33. The zero-order valence-corrected chi connectivity index (χ0v) is 13.0. The molecule has 1 aromatic rings. The molecule has 6 heteroatoms. The van der Waals surface area contributed by atoms with Gasteiger partial charge in [0, 0.05) is 12.1 Å². The monoisotopic (exact) mass is 298 g/mol. The lowest BCUT2D eigenvalue weighted by Crippen LogP contribution is -2.16. The van der Waals surface area contributed by atoms with Gasteiger partial charge >= 0.3 is 0 Å². The number of benzene rings is 1. The van der Waals surface area contributed by atoms with Gasteiger partial charge in [-0.1, -0.05) is 20.3 Å². The Morgan fingerprint density at radius 3 is 2.45 bits per heavy atom. The molecule has 0 heterocycles. The first kappa shape index (κ1) is 16.7. The van der Waals surface area contributed by atoms with E-state index in [0.29, 0.717) is 24.1 Å². The number of nitrogens with one attached hydrogen (secondary N) is 1. The molecule has 1 rings (SSSR count). The fourth-order valence-electron chi connectivity index (χ4n) is 1.99. The van der Waals surface area contributed by atoms with E-state index in [9.17, 15) is 13.2 Å². The van der Waals surface area contributed by atoms with Crippen molar-refractivity contribution < 1.29 is 13.2 Å². The number of amides is 1. The zero-order chi connectivity index (χ0) is 15.3. The van der Waals surface area contributed by atoms with E-state index in [0.717, 1.165) is 18.4 Å². The Balaban J connectivity index is 3.11. The second-order valence-electron chi connectivity index (χ2n) is 4.82. The first-order chi connectivity index (χ1) is 9.29. The van der Waals surface area contributed by atoms with Crippen molar-refractivity contribution in [2.24, 2.45) is 5.14 Å². The van der Waals surface area contributed by atoms with Crippen LogP contribution < -0.4 is 10.5 Å². The molecular formula is C14H22N2O3S. The molecule has 0 saturated carbocycles. The van der Waals surface area contributed by atoms with Crippen LogP contribution in [0.15, 0.2) is 17.0 Å². The third-order valence-electron chi connectivity index (χ3n) is 3.12. The third kappa shape index (κ3) is 4.31. The highest BCUT2D eigenvalue weighted by Gasteiger charge is 2.15. The summed E-state index contributed by atoms with van der Waals surface area (Å²) in [6.45, 7) is 5.70. The quantitative estimate of drug-likeness (QED) is 0.844. The van der Waals surface area contributed by atoms with Crippen molar-refractivity contribution >= 4 is 21.6 Å². The molecule has 1 amide bonds. The van der Waals surface area contributed by atoms with E-state index in [1.807, 2.05) is 13.8 Å². The van der Waals surface area contributed by atoms with Crippen LogP contribution in [0, 0.1) is 6.92 Å². The highest BCUT2D eigenvalue weighted by Crippen LogP contribution is 2.25. The average Bonchev–Trinajstić information content (AvgIpc) is 2.37. The molecular weight excluding hydrogens is 276 g/mol. The lowest BCUT2D eigenvalue weighted by atomic mass is 10.1. The van der Waals surface area contributed by atoms with Crippen LogP contribution in [0.2, 0.25) is 0 Å². The Labute approximate surface area is 120 Å². The summed E-state index contributed by atoms with van der Waals surface area (Å²) in [4.78, 5) is 11.9. The molecule has 0 aliphatic heterocycles. The topological polar surface area (TPSA) is 89.3 Å². The van der Waals surface area contributed by atoms with Gasteiger partial charge in [-0.2, -0.15) is 0 Å². The van der Waals surface area contributed by atoms with Gasteiger partial charge in [0.2, 0.25) is 15.9 Å². The van der Waals surface area contributed by atoms with E-state index in [-0.39, 0.29) is 10.8 Å². The number of hydrogen-bond acceptors (Lipinski definition) is 3. The SMILES string of the molecule is CCCCC(=O)Nc1c(C)cc(S(N)(=O)=O)cc1CC. The molecule has 0 radical (unpaired) electrons. The summed E-state index contributed by atoms with van der Waals surface area (Å²) >= 11 is 0. The van der Waals surface area contributed by atoms with Crippen molar-refractivity contribution in [1.82, 2.24) is 0 Å². The average molecular weight is 298 g/mol. The molecule has 0 atom stereocenters. The van der Waals surface area contributed by atoms with Crippen molar-refractivity contribution in [3.8, 4) is 0 Å². The van der Waals surface area contributed by atoms with Crippen molar-refractivity contribution in [3.05, 3.63) is 23.3 Å². The zero-order valence-electron chi connectivity index (χ0n) is 12.2. The molecule has 0 aliphatic rings. The van der Waals surface area contributed by atoms with Crippen molar-refractivity contribution in [2.75, 3.05) is 5.32 Å². The van der Waals surface area contributed by atoms with Crippen LogP contribution >= 0.6 is 0 Å². The number of carbonyl (C=O) groups excluding carboxylic acids is 1. The van der Waals surface area contributed by atoms with Crippen molar-refractivity contribution in [1.29, 1.82) is 0 Å². The second kappa shape index (κ2) is 6.85. The second-order valence-corrected chi connectivity index (χ2v) is 6.39. The van der Waals surface area contributed by atoms with E-state index in [1.165, 1.54) is 12.1 Å². The van der Waals surface area contributed by atoms with Crippen molar-refractivity contribution in [3.63, 3.8) is 0 Å². The Bertz CT molecular complexity index is 595. The van der Waals surface area contributed by atoms with Crippen molar-refractivity contribution in [2.45, 2.75) is 51.3 Å². The summed E-state index contributed by atoms with van der Waals surface area (Å²) in [6.07, 6.45) is 2.88. The largest absolute Gasteiger partial charge is 0.326 e. The van der Waals surface area contributed by atoms with Gasteiger partial charge in [0.1, 0.15) is 0 Å². The maximum absolute atomic E-state index is 11.8. The smallest absolute Gasteiger partial charge is 0.238 e. The number of aryl methyl sites for hydroxylation is 2. The number of sulfonamides is 1. The summed E-state index contributed by atoms with van der Waals surface area (Å²) in [7, 11) is -3.73. The molecule has 0 fully saturated rings. The van der Waals surface area contributed by atoms with Gasteiger partial charge in [0.05, 0.1) is 4.90 Å². The minimum absolute atomic E-state index is 0.0481. The Morgan fingerprint density at radius 1 is 1.30 bits per heavy atom. The highest BCUT2D eigenvalue weighted by molar-refractivity contribution is 7.89. The summed E-state index contributed by atoms with van der Waals surface area (Å²) in [5, 5.41) is 8.02. The maximum Gasteiger partial charge on any atom is 0.238 e. The molecule has 1 aromatic carbocycles. The van der Waals surface area contributed by atoms with Crippen LogP contribution in [0.4, 0.5) is 5.69 Å². The summed E-state index contributed by atoms with van der Waals surface area (Å²) in [6, 6.07) is 3.02. The molecule has 0 unspecified atom stereocenters. The number of nitrogens with two attached hydrogens (primary N) is 1. The number of unbranched alkanes of at least 4 members (excludes halogenated alkanes) is 1. The van der Waals surface area contributed by atoms with Crippen LogP contribution in [-0.4, -0.2) is 14.3 Å². The van der Waals surface area contributed by atoms with E-state index >= 15 is 0 Å². The Kier molecular flexibility index (Phi) is 5.71. The van der Waals surface area contributed by atoms with Crippen LogP contribution in [0.1, 0.15) is 44.2 Å². The normalized spacial score (nSPS) is 11.4. The standard InChI is InChI=1S/C14H22N2O3S/c1-4-6-7-13(17)16-14-10(3)8-12(20(15,18)19)9-11(14)5-2/h8-9H,4-7H2,1-3H3,(H,16,17)(H2,15,18,19). The van der Waals surface area contributed by atoms with Gasteiger partial charge in [0.25, 0.3) is 0 Å². The fourth-order valence-corrected chi connectivity index (χ4v) is 2.63. The Hall–Kier alpha value is -1.40. The third-order valence-corrected chi connectivity index (χ3v) is 4.01. The highest BCUT2D eigenvalue weighted by atomic mass is 32.2.